The van der Waals surface area contributed by atoms with Crippen molar-refractivity contribution < 1.29 is 4.74 Å². The average Bonchev–Trinajstić information content (AvgIpc) is 3.23. The number of fused-ring (bicyclic) bond motifs is 2. The van der Waals surface area contributed by atoms with Crippen LogP contribution >= 0.6 is 23.2 Å². The number of piperidine rings is 1. The molecule has 2 unspecified atom stereocenters. The maximum absolute atomic E-state index is 6.11. The third-order valence-corrected chi connectivity index (χ3v) is 6.73. The molecule has 2 fully saturated rings. The van der Waals surface area contributed by atoms with Gasteiger partial charge in [0.2, 0.25) is 5.95 Å². The van der Waals surface area contributed by atoms with Crippen molar-refractivity contribution >= 4 is 34.8 Å². The summed E-state index contributed by atoms with van der Waals surface area (Å²) in [4.78, 5) is 11.2. The first-order chi connectivity index (χ1) is 15.6. The van der Waals surface area contributed by atoms with Crippen molar-refractivity contribution in [3.63, 3.8) is 0 Å². The molecule has 32 heavy (non-hydrogen) atoms. The third kappa shape index (κ3) is 4.50. The van der Waals surface area contributed by atoms with Crippen molar-refractivity contribution in [1.29, 1.82) is 0 Å². The number of rotatable bonds is 7. The lowest BCUT2D eigenvalue weighted by molar-refractivity contribution is 0.376. The maximum atomic E-state index is 6.11. The summed E-state index contributed by atoms with van der Waals surface area (Å²) in [6.45, 7) is 4.81. The van der Waals surface area contributed by atoms with Gasteiger partial charge in [-0.3, -0.25) is 0 Å². The van der Waals surface area contributed by atoms with Gasteiger partial charge in [0.1, 0.15) is 10.9 Å². The number of hydrogen-bond donors (Lipinski definition) is 1. The number of anilines is 2. The smallest absolute Gasteiger partial charge is 0.322 e. The molecule has 1 N–H and O–H groups in total. The molecular weight excluding hydrogens is 447 g/mol. The van der Waals surface area contributed by atoms with Gasteiger partial charge >= 0.3 is 6.01 Å². The highest BCUT2D eigenvalue weighted by Gasteiger charge is 2.42. The zero-order chi connectivity index (χ0) is 22.1. The Balaban J connectivity index is 1.31. The number of nitrogens with zero attached hydrogens (tertiary/aromatic N) is 5. The fourth-order valence-corrected chi connectivity index (χ4v) is 5.21. The van der Waals surface area contributed by atoms with E-state index in [0.717, 1.165) is 31.7 Å². The summed E-state index contributed by atoms with van der Waals surface area (Å²) < 4.78 is 7.83. The van der Waals surface area contributed by atoms with E-state index in [-0.39, 0.29) is 0 Å². The molecule has 0 spiro atoms. The van der Waals surface area contributed by atoms with Crippen molar-refractivity contribution in [2.45, 2.75) is 38.8 Å². The van der Waals surface area contributed by atoms with Gasteiger partial charge in [0.15, 0.2) is 0 Å². The molecule has 5 rings (SSSR count). The van der Waals surface area contributed by atoms with Crippen LogP contribution in [0.2, 0.25) is 10.2 Å². The van der Waals surface area contributed by atoms with E-state index in [9.17, 15) is 0 Å². The first-order valence-electron chi connectivity index (χ1n) is 11.1. The van der Waals surface area contributed by atoms with Crippen LogP contribution in [0.4, 0.5) is 11.6 Å². The number of hydrogen-bond acceptors (Lipinski definition) is 6. The van der Waals surface area contributed by atoms with Crippen molar-refractivity contribution in [3.05, 3.63) is 52.8 Å². The molecule has 9 heteroatoms. The van der Waals surface area contributed by atoms with Gasteiger partial charge in [0, 0.05) is 42.6 Å². The predicted octanol–water partition coefficient (Wildman–Crippen LogP) is 5.51. The summed E-state index contributed by atoms with van der Waals surface area (Å²) in [5.74, 6) is 2.32. The fourth-order valence-electron chi connectivity index (χ4n) is 4.86. The van der Waals surface area contributed by atoms with E-state index in [1.54, 1.807) is 12.3 Å². The molecule has 0 amide bonds. The second kappa shape index (κ2) is 9.16. The van der Waals surface area contributed by atoms with E-state index in [0.29, 0.717) is 45.8 Å². The van der Waals surface area contributed by atoms with Crippen LogP contribution in [-0.4, -0.2) is 38.9 Å². The number of benzene rings is 1. The minimum Gasteiger partial charge on any atom is -0.424 e. The van der Waals surface area contributed by atoms with Crippen molar-refractivity contribution in [3.8, 4) is 11.8 Å². The number of halogens is 2. The van der Waals surface area contributed by atoms with Crippen molar-refractivity contribution in [2.75, 3.05) is 23.3 Å². The van der Waals surface area contributed by atoms with Crippen LogP contribution in [0.3, 0.4) is 0 Å². The lowest BCUT2D eigenvalue weighted by atomic mass is 9.92. The Hall–Kier alpha value is -2.51. The normalized spacial score (nSPS) is 22.2. The molecule has 2 aliphatic rings. The van der Waals surface area contributed by atoms with Gasteiger partial charge in [-0.25, -0.2) is 9.67 Å². The highest BCUT2D eigenvalue weighted by atomic mass is 35.5. The van der Waals surface area contributed by atoms with Crippen LogP contribution in [-0.2, 0) is 6.54 Å². The van der Waals surface area contributed by atoms with Crippen molar-refractivity contribution in [2.24, 2.45) is 11.8 Å². The number of pyridine rings is 1. The summed E-state index contributed by atoms with van der Waals surface area (Å²) in [6, 6.07) is 12.1. The minimum absolute atomic E-state index is 0.347. The van der Waals surface area contributed by atoms with Crippen LogP contribution in [0, 0.1) is 11.8 Å². The number of aromatic nitrogens is 4. The standard InChI is InChI=1S/C23H26Cl2N6O/c1-2-10-31-23(32-19-5-3-4-17(24)11-19)28-22(29-31)27-21-15-6-7-16(21)14-30(13-15)18-8-9-26-20(25)12-18/h3-5,8-9,11-12,15-16,21H,2,6-7,10,13-14H2,1H3,(H,27,29). The summed E-state index contributed by atoms with van der Waals surface area (Å²) >= 11 is 12.2. The van der Waals surface area contributed by atoms with Crippen LogP contribution in [0.5, 0.6) is 11.8 Å². The lowest BCUT2D eigenvalue weighted by Crippen LogP contribution is -2.48. The van der Waals surface area contributed by atoms with E-state index in [1.165, 1.54) is 12.8 Å². The number of ether oxygens (including phenoxy) is 1. The fraction of sp³-hybridized carbons (Fsp3) is 0.435. The molecule has 3 heterocycles. The van der Waals surface area contributed by atoms with Gasteiger partial charge in [-0.2, -0.15) is 4.98 Å². The first kappa shape index (κ1) is 21.3. The maximum Gasteiger partial charge on any atom is 0.322 e. The molecule has 1 aliphatic carbocycles. The lowest BCUT2D eigenvalue weighted by Gasteiger charge is -2.39. The molecule has 0 radical (unpaired) electrons. The molecule has 1 saturated carbocycles. The molecule has 1 aromatic carbocycles. The largest absolute Gasteiger partial charge is 0.424 e. The Morgan fingerprint density at radius 1 is 1.12 bits per heavy atom. The number of aryl methyl sites for hydroxylation is 1. The Morgan fingerprint density at radius 3 is 2.66 bits per heavy atom. The molecule has 168 valence electrons. The SMILES string of the molecule is CCCn1nc(NC2C3CCC2CN(c2ccnc(Cl)c2)C3)nc1Oc1cccc(Cl)c1. The van der Waals surface area contributed by atoms with Crippen LogP contribution in [0.25, 0.3) is 0 Å². The van der Waals surface area contributed by atoms with Gasteiger partial charge in [-0.15, -0.1) is 5.10 Å². The van der Waals surface area contributed by atoms with Gasteiger partial charge in [0.05, 0.1) is 0 Å². The highest BCUT2D eigenvalue weighted by molar-refractivity contribution is 6.30. The monoisotopic (exact) mass is 472 g/mol. The first-order valence-corrected chi connectivity index (χ1v) is 11.9. The second-order valence-corrected chi connectivity index (χ2v) is 9.33. The van der Waals surface area contributed by atoms with E-state index in [4.69, 9.17) is 33.0 Å². The quantitative estimate of drug-likeness (QED) is 0.457. The molecule has 2 bridgehead atoms. The molecular formula is C23H26Cl2N6O. The predicted molar refractivity (Wildman–Crippen MR) is 127 cm³/mol. The molecule has 7 nitrogen and oxygen atoms in total. The van der Waals surface area contributed by atoms with Crippen molar-refractivity contribution in [1.82, 2.24) is 19.7 Å². The summed E-state index contributed by atoms with van der Waals surface area (Å²) in [6.07, 6.45) is 5.10. The summed E-state index contributed by atoms with van der Waals surface area (Å²) in [7, 11) is 0. The topological polar surface area (TPSA) is 68.1 Å². The average molecular weight is 473 g/mol. The molecule has 3 aromatic rings. The molecule has 1 saturated heterocycles. The Bertz CT molecular complexity index is 1080. The summed E-state index contributed by atoms with van der Waals surface area (Å²) in [5, 5.41) is 9.49. The third-order valence-electron chi connectivity index (χ3n) is 6.28. The van der Waals surface area contributed by atoms with Gasteiger partial charge in [-0.05, 0) is 61.4 Å². The molecule has 2 aromatic heterocycles. The Kier molecular flexibility index (Phi) is 6.11. The van der Waals surface area contributed by atoms with Crippen LogP contribution < -0.4 is 15.0 Å². The van der Waals surface area contributed by atoms with E-state index in [1.807, 2.05) is 35.0 Å². The van der Waals surface area contributed by atoms with E-state index < -0.39 is 0 Å². The molecule has 1 aliphatic heterocycles. The zero-order valence-electron chi connectivity index (χ0n) is 17.9. The number of nitrogens with one attached hydrogen (secondary N) is 1. The second-order valence-electron chi connectivity index (χ2n) is 8.51. The highest BCUT2D eigenvalue weighted by Crippen LogP contribution is 2.40. The van der Waals surface area contributed by atoms with E-state index >= 15 is 0 Å². The molecule has 2 atom stereocenters. The van der Waals surface area contributed by atoms with Gasteiger partial charge in [0.25, 0.3) is 0 Å². The minimum atomic E-state index is 0.347. The summed E-state index contributed by atoms with van der Waals surface area (Å²) in [5.41, 5.74) is 1.14. The van der Waals surface area contributed by atoms with Gasteiger partial charge < -0.3 is 15.0 Å². The zero-order valence-corrected chi connectivity index (χ0v) is 19.4. The Morgan fingerprint density at radius 2 is 1.94 bits per heavy atom. The van der Waals surface area contributed by atoms with Gasteiger partial charge in [-0.1, -0.05) is 36.2 Å². The van der Waals surface area contributed by atoms with Crippen LogP contribution in [0.1, 0.15) is 26.2 Å². The van der Waals surface area contributed by atoms with E-state index in [2.05, 4.69) is 27.1 Å². The Labute approximate surface area is 197 Å². The van der Waals surface area contributed by atoms with Crippen LogP contribution in [0.15, 0.2) is 42.6 Å².